The van der Waals surface area contributed by atoms with Crippen molar-refractivity contribution in [2.24, 2.45) is 0 Å². The highest BCUT2D eigenvalue weighted by molar-refractivity contribution is 5.43. The molecule has 0 amide bonds. The number of ether oxygens (including phenoxy) is 1. The first kappa shape index (κ1) is 16.0. The van der Waals surface area contributed by atoms with Crippen LogP contribution in [0.2, 0.25) is 0 Å². The molecule has 0 saturated carbocycles. The minimum Gasteiger partial charge on any atom is -0.492 e. The molecule has 0 spiro atoms. The summed E-state index contributed by atoms with van der Waals surface area (Å²) in [6.45, 7) is 2.46. The van der Waals surface area contributed by atoms with Gasteiger partial charge in [0.1, 0.15) is 18.2 Å². The number of hydrogen-bond acceptors (Lipinski definition) is 3. The summed E-state index contributed by atoms with van der Waals surface area (Å²) < 4.78 is 19.3. The van der Waals surface area contributed by atoms with Gasteiger partial charge in [-0.3, -0.25) is 0 Å². The van der Waals surface area contributed by atoms with E-state index in [2.05, 4.69) is 22.3 Å². The van der Waals surface area contributed by atoms with Crippen molar-refractivity contribution in [2.75, 3.05) is 33.8 Å². The van der Waals surface area contributed by atoms with Crippen molar-refractivity contribution in [2.45, 2.75) is 12.5 Å². The Labute approximate surface area is 137 Å². The minimum atomic E-state index is -0.194. The molecule has 0 radical (unpaired) electrons. The number of benzene rings is 2. The Bertz CT molecular complexity index is 672. The first-order valence-electron chi connectivity index (χ1n) is 8.02. The van der Waals surface area contributed by atoms with Gasteiger partial charge in [-0.05, 0) is 61.5 Å². The van der Waals surface area contributed by atoms with E-state index in [-0.39, 0.29) is 11.9 Å². The molecule has 23 heavy (non-hydrogen) atoms. The molecule has 0 aliphatic carbocycles. The van der Waals surface area contributed by atoms with Crippen molar-refractivity contribution in [3.05, 3.63) is 65.0 Å². The summed E-state index contributed by atoms with van der Waals surface area (Å²) in [7, 11) is 4.07. The summed E-state index contributed by atoms with van der Waals surface area (Å²) >= 11 is 0. The third-order valence-corrected chi connectivity index (χ3v) is 4.16. The van der Waals surface area contributed by atoms with Gasteiger partial charge in [0, 0.05) is 13.1 Å². The zero-order chi connectivity index (χ0) is 16.2. The molecule has 3 nitrogen and oxygen atoms in total. The van der Waals surface area contributed by atoms with Crippen LogP contribution < -0.4 is 10.1 Å². The van der Waals surface area contributed by atoms with Gasteiger partial charge in [-0.2, -0.15) is 0 Å². The number of likely N-dealkylation sites (N-methyl/N-ethyl adjacent to an activating group) is 1. The predicted octanol–water partition coefficient (Wildman–Crippen LogP) is 3.00. The Balaban J connectivity index is 1.80. The topological polar surface area (TPSA) is 24.5 Å². The maximum Gasteiger partial charge on any atom is 0.123 e. The first-order chi connectivity index (χ1) is 11.1. The molecule has 1 aliphatic rings. The Kier molecular flexibility index (Phi) is 4.94. The maximum absolute atomic E-state index is 13.5. The number of nitrogens with zero attached hydrogens (tertiary/aromatic N) is 1. The quantitative estimate of drug-likeness (QED) is 0.918. The molecule has 0 fully saturated rings. The van der Waals surface area contributed by atoms with E-state index in [1.807, 2.05) is 26.2 Å². The zero-order valence-electron chi connectivity index (χ0n) is 13.7. The number of rotatable bonds is 5. The summed E-state index contributed by atoms with van der Waals surface area (Å²) in [5.74, 6) is 0.713. The fraction of sp³-hybridized carbons (Fsp3) is 0.368. The van der Waals surface area contributed by atoms with Gasteiger partial charge < -0.3 is 15.0 Å². The van der Waals surface area contributed by atoms with Crippen molar-refractivity contribution in [3.8, 4) is 5.75 Å². The van der Waals surface area contributed by atoms with Gasteiger partial charge >= 0.3 is 0 Å². The Morgan fingerprint density at radius 3 is 2.87 bits per heavy atom. The largest absolute Gasteiger partial charge is 0.492 e. The van der Waals surface area contributed by atoms with Gasteiger partial charge in [-0.1, -0.05) is 18.2 Å². The fourth-order valence-corrected chi connectivity index (χ4v) is 2.96. The van der Waals surface area contributed by atoms with Crippen LogP contribution in [0.15, 0.2) is 42.5 Å². The van der Waals surface area contributed by atoms with Crippen LogP contribution in [0.25, 0.3) is 0 Å². The van der Waals surface area contributed by atoms with E-state index in [0.717, 1.165) is 30.8 Å². The van der Waals surface area contributed by atoms with E-state index in [1.165, 1.54) is 17.2 Å². The van der Waals surface area contributed by atoms with Gasteiger partial charge in [0.25, 0.3) is 0 Å². The molecule has 1 heterocycles. The van der Waals surface area contributed by atoms with Crippen LogP contribution in [0.4, 0.5) is 4.39 Å². The molecule has 1 N–H and O–H groups in total. The lowest BCUT2D eigenvalue weighted by Gasteiger charge is -2.28. The molecule has 2 aromatic rings. The molecular weight excluding hydrogens is 291 g/mol. The molecule has 0 saturated heterocycles. The van der Waals surface area contributed by atoms with Crippen molar-refractivity contribution in [3.63, 3.8) is 0 Å². The first-order valence-corrected chi connectivity index (χ1v) is 8.02. The van der Waals surface area contributed by atoms with Crippen LogP contribution in [-0.2, 0) is 6.42 Å². The zero-order valence-corrected chi connectivity index (χ0v) is 13.7. The highest BCUT2D eigenvalue weighted by atomic mass is 19.1. The lowest BCUT2D eigenvalue weighted by atomic mass is 9.90. The predicted molar refractivity (Wildman–Crippen MR) is 90.4 cm³/mol. The highest BCUT2D eigenvalue weighted by Crippen LogP contribution is 2.31. The molecule has 2 aromatic carbocycles. The van der Waals surface area contributed by atoms with E-state index >= 15 is 0 Å². The van der Waals surface area contributed by atoms with E-state index in [0.29, 0.717) is 6.61 Å². The molecule has 0 aromatic heterocycles. The minimum absolute atomic E-state index is 0.0466. The SMILES string of the molecule is CN(C)CCOc1ccc2c(c1)CCNC2c1cccc(F)c1. The molecule has 1 unspecified atom stereocenters. The van der Waals surface area contributed by atoms with Crippen molar-refractivity contribution in [1.29, 1.82) is 0 Å². The summed E-state index contributed by atoms with van der Waals surface area (Å²) in [6.07, 6.45) is 0.964. The summed E-state index contributed by atoms with van der Waals surface area (Å²) in [6, 6.07) is 13.1. The van der Waals surface area contributed by atoms with Crippen molar-refractivity contribution in [1.82, 2.24) is 10.2 Å². The van der Waals surface area contributed by atoms with Crippen molar-refractivity contribution >= 4 is 0 Å². The van der Waals surface area contributed by atoms with Crippen LogP contribution in [0.3, 0.4) is 0 Å². The second-order valence-corrected chi connectivity index (χ2v) is 6.20. The van der Waals surface area contributed by atoms with Crippen LogP contribution in [0, 0.1) is 5.82 Å². The lowest BCUT2D eigenvalue weighted by molar-refractivity contribution is 0.261. The van der Waals surface area contributed by atoms with E-state index in [1.54, 1.807) is 12.1 Å². The van der Waals surface area contributed by atoms with E-state index in [4.69, 9.17) is 4.74 Å². The molecule has 3 rings (SSSR count). The van der Waals surface area contributed by atoms with Crippen LogP contribution in [-0.4, -0.2) is 38.7 Å². The Morgan fingerprint density at radius 1 is 1.22 bits per heavy atom. The maximum atomic E-state index is 13.5. The lowest BCUT2D eigenvalue weighted by Crippen LogP contribution is -2.30. The number of hydrogen-bond donors (Lipinski definition) is 1. The number of nitrogens with one attached hydrogen (secondary N) is 1. The van der Waals surface area contributed by atoms with Crippen LogP contribution in [0.5, 0.6) is 5.75 Å². The molecule has 1 aliphatic heterocycles. The average Bonchev–Trinajstić information content (AvgIpc) is 2.54. The van der Waals surface area contributed by atoms with Crippen LogP contribution in [0.1, 0.15) is 22.7 Å². The normalized spacial score (nSPS) is 17.1. The molecule has 4 heteroatoms. The second kappa shape index (κ2) is 7.11. The van der Waals surface area contributed by atoms with Crippen LogP contribution >= 0.6 is 0 Å². The Morgan fingerprint density at radius 2 is 2.09 bits per heavy atom. The number of fused-ring (bicyclic) bond motifs is 1. The second-order valence-electron chi connectivity index (χ2n) is 6.20. The molecule has 1 atom stereocenters. The van der Waals surface area contributed by atoms with Crippen molar-refractivity contribution < 1.29 is 9.13 Å². The van der Waals surface area contributed by atoms with Gasteiger partial charge in [0.05, 0.1) is 6.04 Å². The summed E-state index contributed by atoms with van der Waals surface area (Å²) in [5.41, 5.74) is 3.45. The smallest absolute Gasteiger partial charge is 0.123 e. The van der Waals surface area contributed by atoms with Gasteiger partial charge in [0.15, 0.2) is 0 Å². The third-order valence-electron chi connectivity index (χ3n) is 4.16. The number of halogens is 1. The molecule has 0 bridgehead atoms. The summed E-state index contributed by atoms with van der Waals surface area (Å²) in [5, 5.41) is 3.48. The van der Waals surface area contributed by atoms with E-state index in [9.17, 15) is 4.39 Å². The Hall–Kier alpha value is -1.91. The van der Waals surface area contributed by atoms with Gasteiger partial charge in [-0.15, -0.1) is 0 Å². The molecular formula is C19H23FN2O. The fourth-order valence-electron chi connectivity index (χ4n) is 2.96. The van der Waals surface area contributed by atoms with Gasteiger partial charge in [-0.25, -0.2) is 4.39 Å². The third kappa shape index (κ3) is 3.89. The average molecular weight is 314 g/mol. The highest BCUT2D eigenvalue weighted by Gasteiger charge is 2.21. The van der Waals surface area contributed by atoms with E-state index < -0.39 is 0 Å². The van der Waals surface area contributed by atoms with Gasteiger partial charge in [0.2, 0.25) is 0 Å². The standard InChI is InChI=1S/C19H23FN2O/c1-22(2)10-11-23-17-6-7-18-14(13-17)8-9-21-19(18)15-4-3-5-16(20)12-15/h3-7,12-13,19,21H,8-11H2,1-2H3. The molecule has 122 valence electrons. The summed E-state index contributed by atoms with van der Waals surface area (Å²) in [4.78, 5) is 2.10. The monoisotopic (exact) mass is 314 g/mol.